The zero-order valence-electron chi connectivity index (χ0n) is 53.9. The lowest BCUT2D eigenvalue weighted by Gasteiger charge is -2.23. The smallest absolute Gasteiger partial charge is 0.311 e. The lowest BCUT2D eigenvalue weighted by Crippen LogP contribution is -2.46. The normalized spacial score (nSPS) is 24.6. The van der Waals surface area contributed by atoms with E-state index >= 15 is 0 Å². The summed E-state index contributed by atoms with van der Waals surface area (Å²) in [6, 6.07) is 18.8. The zero-order valence-corrected chi connectivity index (χ0v) is 56.1. The number of Topliss-reactive ketones (excluding diaryl/α,β-unsaturated/α-hetero) is 2. The first-order valence-electron chi connectivity index (χ1n) is 31.5. The number of nitrogens with two attached hydrogens (primary N) is 2. The second-order valence-corrected chi connectivity index (χ2v) is 25.6. The first-order chi connectivity index (χ1) is 47.1. The molecule has 4 fully saturated rings. The Hall–Kier alpha value is -8.92. The number of nitrogens with zero attached hydrogens (tertiary/aromatic N) is 13. The van der Waals surface area contributed by atoms with Gasteiger partial charge in [-0.3, -0.25) is 23.5 Å². The van der Waals surface area contributed by atoms with Crippen molar-refractivity contribution in [3.8, 4) is 5.95 Å². The first-order valence-corrected chi connectivity index (χ1v) is 32.7. The van der Waals surface area contributed by atoms with Gasteiger partial charge in [-0.05, 0) is 96.8 Å². The van der Waals surface area contributed by atoms with Crippen LogP contribution in [0.15, 0.2) is 103 Å². The van der Waals surface area contributed by atoms with E-state index in [4.69, 9.17) is 65.0 Å². The van der Waals surface area contributed by atoms with Crippen molar-refractivity contribution in [3.63, 3.8) is 0 Å². The summed E-state index contributed by atoms with van der Waals surface area (Å²) in [6.07, 6.45) is 0.422. The van der Waals surface area contributed by atoms with E-state index in [2.05, 4.69) is 77.3 Å². The standard InChI is InChI=1S/C24H26ClN7O5.C22H24ClN5O3.C19H22ClN7O3/c1-3-16(33)21-18(26)20(34)24(36-21)32-11-30-19-22(28-10-29-23(19)32)27-8-14-7-15(25)5-4-13(14)9-35-17-6-12(2)31-37-17;1-3-14(29)22-8-13(22)16(17(30)18(22)31)28-10-25-15-19(26-21(23)27-20(15)28)24-9-12-6-4-5-11(2)7-12;1-9-3-4-11(20)5-10(9)6-23-16-13-17(25-7-24-16)27(8-26-13)19-14(28)12(21)15(30-19)18(29)22-2/h4-7,10-11,18,20-21,24,34H,3,8-9,26H2,1-2H3,(H,27,28,29);4-7,10,13,16-18,30-31H,3,8-9H2,1-2H3,(H,24,26,27);3-5,7-8,12,14-15,19,28H,6,21H2,1-2H3,(H,22,29)(H,23,24,25)/t18?,20-,21+,24+;13-,16-,17-,18?,22-;12-,14+,15-,19+/m010/s1. The Morgan fingerprint density at radius 2 is 1.24 bits per heavy atom. The third kappa shape index (κ3) is 13.6. The quantitative estimate of drug-likeness (QED) is 0.0395. The Morgan fingerprint density at radius 1 is 0.653 bits per heavy atom. The summed E-state index contributed by atoms with van der Waals surface area (Å²) in [5.41, 5.74) is 20.9. The zero-order chi connectivity index (χ0) is 69.4. The molecule has 9 heterocycles. The highest BCUT2D eigenvalue weighted by molar-refractivity contribution is 6.31. The molecule has 13 atom stereocenters. The molecule has 3 aromatic carbocycles. The number of aromatic nitrogens is 13. The maximum Gasteiger partial charge on any atom is 0.311 e. The molecule has 7 aromatic heterocycles. The van der Waals surface area contributed by atoms with Crippen molar-refractivity contribution < 1.29 is 53.5 Å². The molecule has 98 heavy (non-hydrogen) atoms. The molecule has 2 saturated heterocycles. The predicted molar refractivity (Wildman–Crippen MR) is 359 cm³/mol. The highest BCUT2D eigenvalue weighted by atomic mass is 35.5. The Bertz CT molecular complexity index is 4590. The Kier molecular flexibility index (Phi) is 20.3. The molecule has 0 spiro atoms. The minimum atomic E-state index is -1.11. The molecule has 30 nitrogen and oxygen atoms in total. The summed E-state index contributed by atoms with van der Waals surface area (Å²) in [6.45, 7) is 11.0. The molecule has 4 aliphatic rings. The van der Waals surface area contributed by atoms with E-state index in [1.165, 1.54) is 32.4 Å². The predicted octanol–water partition coefficient (Wildman–Crippen LogP) is 5.93. The van der Waals surface area contributed by atoms with E-state index in [0.717, 1.165) is 39.1 Å². The fraction of sp³-hybridized carbons (Fsp3) is 0.400. The van der Waals surface area contributed by atoms with Gasteiger partial charge >= 0.3 is 5.95 Å². The summed E-state index contributed by atoms with van der Waals surface area (Å²) < 4.78 is 27.2. The number of aryl methyl sites for hydroxylation is 3. The van der Waals surface area contributed by atoms with Crippen LogP contribution in [0.1, 0.15) is 90.7 Å². The molecule has 514 valence electrons. The fourth-order valence-corrected chi connectivity index (χ4v) is 13.5. The second-order valence-electron chi connectivity index (χ2n) is 24.4. The summed E-state index contributed by atoms with van der Waals surface area (Å²) in [5, 5.41) is 60.0. The van der Waals surface area contributed by atoms with Gasteiger partial charge in [-0.25, -0.2) is 34.9 Å². The van der Waals surface area contributed by atoms with Crippen LogP contribution >= 0.6 is 34.8 Å². The number of anilines is 3. The van der Waals surface area contributed by atoms with Crippen LogP contribution in [0, 0.1) is 32.1 Å². The number of fused-ring (bicyclic) bond motifs is 4. The van der Waals surface area contributed by atoms with Crippen LogP contribution in [0.25, 0.3) is 33.5 Å². The number of hydrogen-bond donors (Lipinski definition) is 10. The summed E-state index contributed by atoms with van der Waals surface area (Å²) in [7, 11) is 1.48. The van der Waals surface area contributed by atoms with Crippen molar-refractivity contribution >= 4 is 103 Å². The molecular weight excluding hydrogens is 1330 g/mol. The van der Waals surface area contributed by atoms with E-state index in [0.29, 0.717) is 99.4 Å². The van der Waals surface area contributed by atoms with Crippen LogP contribution in [0.2, 0.25) is 15.3 Å². The van der Waals surface area contributed by atoms with Crippen LogP contribution in [0.4, 0.5) is 17.5 Å². The van der Waals surface area contributed by atoms with Gasteiger partial charge in [0.1, 0.15) is 49.5 Å². The topological polar surface area (TPSA) is 417 Å². The van der Waals surface area contributed by atoms with E-state index in [-0.39, 0.29) is 35.8 Å². The molecule has 12 N–H and O–H groups in total. The average molecular weight is 1400 g/mol. The lowest BCUT2D eigenvalue weighted by molar-refractivity contribution is -0.134. The van der Waals surface area contributed by atoms with E-state index in [1.807, 2.05) is 69.3 Å². The molecule has 2 unspecified atom stereocenters. The maximum absolute atomic E-state index is 12.5. The van der Waals surface area contributed by atoms with Crippen molar-refractivity contribution in [2.75, 3.05) is 23.0 Å². The number of ether oxygens (including phenoxy) is 3. The Balaban J connectivity index is 0.000000141. The molecule has 10 aromatic rings. The van der Waals surface area contributed by atoms with Gasteiger partial charge < -0.3 is 76.5 Å². The SMILES string of the molecule is CCC(=O)[C@@]12C[C@@H]1[C@@H](n1cnc3c(NCc4cccc(C)c4)nc(Cl)nc31)[C@@H](O)C2O.CCC(=O)[C@H]1O[C@@H](n2cnc3c(NCc4cc(Cl)ccc4COc4cc(C)no4)ncnc32)[C@@H](O)C1N.CNC(=O)[C@H]1O[C@@H](n2cnc3c(NCc4cc(Cl)ccc4C)ncnc32)[C@H](O)[C@@H]1N. The van der Waals surface area contributed by atoms with E-state index in [9.17, 15) is 34.8 Å². The average Bonchev–Trinajstić information content (AvgIpc) is 1.51. The van der Waals surface area contributed by atoms with Gasteiger partial charge in [0.25, 0.3) is 5.91 Å². The molecular formula is C65H72Cl3N19O11. The molecule has 1 amide bonds. The van der Waals surface area contributed by atoms with Crippen molar-refractivity contribution in [2.45, 2.75) is 147 Å². The number of amides is 1. The first kappa shape index (κ1) is 69.0. The van der Waals surface area contributed by atoms with Gasteiger partial charge in [0.15, 0.2) is 75.3 Å². The number of nitrogens with one attached hydrogen (secondary N) is 4. The number of likely N-dealkylation sites (N-methyl/N-ethyl adjacent to an activating group) is 1. The highest BCUT2D eigenvalue weighted by Gasteiger charge is 2.74. The van der Waals surface area contributed by atoms with Gasteiger partial charge in [-0.15, -0.1) is 0 Å². The highest BCUT2D eigenvalue weighted by Crippen LogP contribution is 2.68. The maximum atomic E-state index is 12.5. The van der Waals surface area contributed by atoms with Gasteiger partial charge in [0, 0.05) is 55.6 Å². The number of aliphatic hydroxyl groups is 4. The van der Waals surface area contributed by atoms with Crippen LogP contribution < -0.4 is 37.5 Å². The number of hydrogen-bond acceptors (Lipinski definition) is 26. The van der Waals surface area contributed by atoms with Gasteiger partial charge in [-0.1, -0.05) is 84.2 Å². The van der Waals surface area contributed by atoms with Crippen molar-refractivity contribution in [3.05, 3.63) is 153 Å². The number of benzene rings is 3. The van der Waals surface area contributed by atoms with Crippen LogP contribution in [-0.2, 0) is 50.1 Å². The van der Waals surface area contributed by atoms with Crippen LogP contribution in [-0.4, -0.2) is 157 Å². The number of rotatable bonds is 20. The number of halogens is 3. The van der Waals surface area contributed by atoms with Gasteiger partial charge in [0.2, 0.25) is 5.28 Å². The van der Waals surface area contributed by atoms with Crippen molar-refractivity contribution in [2.24, 2.45) is 22.8 Å². The molecule has 2 aliphatic carbocycles. The molecule has 2 saturated carbocycles. The van der Waals surface area contributed by atoms with Crippen LogP contribution in [0.3, 0.4) is 0 Å². The second kappa shape index (κ2) is 28.9. The number of carbonyl (C=O) groups excluding carboxylic acids is 3. The van der Waals surface area contributed by atoms with E-state index < -0.39 is 78.5 Å². The Labute approximate surface area is 574 Å². The monoisotopic (exact) mass is 1400 g/mol. The molecule has 33 heteroatoms. The summed E-state index contributed by atoms with van der Waals surface area (Å²) in [4.78, 5) is 75.8. The van der Waals surface area contributed by atoms with Crippen molar-refractivity contribution in [1.29, 1.82) is 0 Å². The molecule has 0 bridgehead atoms. The van der Waals surface area contributed by atoms with Crippen molar-refractivity contribution in [1.82, 2.24) is 69.0 Å². The van der Waals surface area contributed by atoms with Crippen LogP contribution in [0.5, 0.6) is 5.95 Å². The fourth-order valence-electron chi connectivity index (χ4n) is 12.9. The minimum absolute atomic E-state index is 0.0101. The molecule has 2 aliphatic heterocycles. The minimum Gasteiger partial charge on any atom is -0.459 e. The number of ketones is 2. The third-order valence-corrected chi connectivity index (χ3v) is 18.8. The number of aliphatic hydroxyl groups excluding tert-OH is 4. The summed E-state index contributed by atoms with van der Waals surface area (Å²) >= 11 is 18.6. The molecule has 14 rings (SSSR count). The van der Waals surface area contributed by atoms with E-state index in [1.54, 1.807) is 46.0 Å². The number of carbonyl (C=O) groups is 3. The molecule has 0 radical (unpaired) electrons. The summed E-state index contributed by atoms with van der Waals surface area (Å²) in [5.74, 6) is 1.09. The Morgan fingerprint density at radius 3 is 1.86 bits per heavy atom. The van der Waals surface area contributed by atoms with Gasteiger partial charge in [0.05, 0.1) is 54.3 Å². The lowest BCUT2D eigenvalue weighted by atomic mass is 9.92. The largest absolute Gasteiger partial charge is 0.459 e. The third-order valence-electron chi connectivity index (χ3n) is 18.2. The number of imidazole rings is 3. The van der Waals surface area contributed by atoms with Gasteiger partial charge in [-0.2, -0.15) is 9.97 Å².